The zero-order valence-corrected chi connectivity index (χ0v) is 23.1. The van der Waals surface area contributed by atoms with Gasteiger partial charge in [0.05, 0.1) is 5.69 Å². The molecule has 198 valence electrons. The fraction of sp³-hybridized carbons (Fsp3) is 0.235. The number of benzene rings is 3. The third-order valence-corrected chi connectivity index (χ3v) is 9.41. The minimum atomic E-state index is -0.174. The molecule has 2 atom stereocenters. The Kier molecular flexibility index (Phi) is 4.93. The van der Waals surface area contributed by atoms with E-state index in [1.165, 1.54) is 33.6 Å². The lowest BCUT2D eigenvalue weighted by Crippen LogP contribution is -2.52. The predicted octanol–water partition coefficient (Wildman–Crippen LogP) is 7.18. The highest BCUT2D eigenvalue weighted by atomic mass is 15.5. The molecule has 0 N–H and O–H groups in total. The van der Waals surface area contributed by atoms with E-state index in [-0.39, 0.29) is 17.7 Å². The van der Waals surface area contributed by atoms with Crippen molar-refractivity contribution >= 4 is 34.3 Å². The van der Waals surface area contributed by atoms with Crippen molar-refractivity contribution in [1.82, 2.24) is 14.9 Å². The molecule has 0 saturated carbocycles. The zero-order chi connectivity index (χ0) is 27.0. The molecule has 4 aliphatic rings. The van der Waals surface area contributed by atoms with Crippen LogP contribution in [0.1, 0.15) is 37.8 Å². The maximum atomic E-state index is 5.00. The monoisotopic (exact) mass is 524 g/mol. The average molecular weight is 525 g/mol. The second kappa shape index (κ2) is 8.46. The van der Waals surface area contributed by atoms with Crippen LogP contribution in [0.2, 0.25) is 0 Å². The van der Waals surface area contributed by atoms with Crippen molar-refractivity contribution < 1.29 is 0 Å². The minimum absolute atomic E-state index is 0.0321. The van der Waals surface area contributed by atoms with E-state index in [9.17, 15) is 0 Å². The Bertz CT molecular complexity index is 1690. The second-order valence-corrected chi connectivity index (χ2v) is 11.1. The van der Waals surface area contributed by atoms with Crippen LogP contribution in [0.25, 0.3) is 5.57 Å². The van der Waals surface area contributed by atoms with E-state index in [0.717, 1.165) is 30.2 Å². The van der Waals surface area contributed by atoms with Crippen LogP contribution in [0.3, 0.4) is 0 Å². The van der Waals surface area contributed by atoms with E-state index in [0.29, 0.717) is 0 Å². The summed E-state index contributed by atoms with van der Waals surface area (Å²) in [5, 5.41) is 0. The molecule has 0 aliphatic carbocycles. The Morgan fingerprint density at radius 1 is 0.700 bits per heavy atom. The largest absolute Gasteiger partial charge is 0.355 e. The fourth-order valence-electron chi connectivity index (χ4n) is 7.70. The molecular weight excluding hydrogens is 492 g/mol. The maximum Gasteiger partial charge on any atom is 0.178 e. The second-order valence-electron chi connectivity index (χ2n) is 11.1. The van der Waals surface area contributed by atoms with Gasteiger partial charge >= 0.3 is 0 Å². The van der Waals surface area contributed by atoms with Gasteiger partial charge in [0.25, 0.3) is 0 Å². The van der Waals surface area contributed by atoms with E-state index >= 15 is 0 Å². The summed E-state index contributed by atoms with van der Waals surface area (Å²) in [6.45, 7) is 4.71. The minimum Gasteiger partial charge on any atom is -0.355 e. The van der Waals surface area contributed by atoms with Crippen LogP contribution in [0.4, 0.5) is 28.7 Å². The number of hydrogen-bond donors (Lipinski definition) is 0. The average Bonchev–Trinajstić information content (AvgIpc) is 3.54. The Morgan fingerprint density at radius 3 is 2.10 bits per heavy atom. The van der Waals surface area contributed by atoms with Crippen molar-refractivity contribution in [2.24, 2.45) is 0 Å². The highest BCUT2D eigenvalue weighted by molar-refractivity contribution is 5.97. The van der Waals surface area contributed by atoms with Crippen molar-refractivity contribution in [2.45, 2.75) is 44.4 Å². The summed E-state index contributed by atoms with van der Waals surface area (Å²) in [7, 11) is 2.20. The molecule has 0 amide bonds. The van der Waals surface area contributed by atoms with Gasteiger partial charge in [-0.25, -0.2) is 9.97 Å². The SMILES string of the molecule is CCC1(CC)C2=C(C3N(C)C=CN3c3ccccc32)C2N(c3ccccc3)c3nccnc3N2c2ccccc21. The number of para-hydroxylation sites is 3. The number of allylic oxidation sites excluding steroid dienone is 1. The maximum absolute atomic E-state index is 5.00. The standard InChI is InChI=1S/C34H32N6/c1-4-34(5-2)25-16-10-12-18-27(25)40-31-30(35-19-20-36-31)39(23-13-7-6-8-14-23)33(40)28-29(34)24-15-9-11-17-26(24)38-22-21-37(3)32(28)38/h6-22,32-33H,4-5H2,1-3H3. The van der Waals surface area contributed by atoms with E-state index in [4.69, 9.17) is 9.97 Å². The molecule has 4 aliphatic heterocycles. The predicted molar refractivity (Wildman–Crippen MR) is 162 cm³/mol. The molecule has 5 heterocycles. The fourth-order valence-corrected chi connectivity index (χ4v) is 7.70. The number of anilines is 5. The van der Waals surface area contributed by atoms with Crippen LogP contribution in [0, 0.1) is 0 Å². The van der Waals surface area contributed by atoms with Gasteiger partial charge in [-0.15, -0.1) is 0 Å². The molecular formula is C34H32N6. The van der Waals surface area contributed by atoms with Crippen molar-refractivity contribution in [3.63, 3.8) is 0 Å². The molecule has 2 unspecified atom stereocenters. The summed E-state index contributed by atoms with van der Waals surface area (Å²) in [6.07, 6.45) is 9.98. The molecule has 0 fully saturated rings. The number of rotatable bonds is 3. The van der Waals surface area contributed by atoms with Gasteiger partial charge in [-0.2, -0.15) is 0 Å². The van der Waals surface area contributed by atoms with Crippen molar-refractivity contribution in [3.8, 4) is 0 Å². The summed E-state index contributed by atoms with van der Waals surface area (Å²) in [6, 6.07) is 28.7. The number of hydrogen-bond acceptors (Lipinski definition) is 6. The Hall–Kier alpha value is -4.58. The molecule has 0 spiro atoms. The first-order chi connectivity index (χ1) is 19.7. The lowest BCUT2D eigenvalue weighted by molar-refractivity contribution is 0.380. The first kappa shape index (κ1) is 23.3. The zero-order valence-electron chi connectivity index (χ0n) is 23.1. The first-order valence-corrected chi connectivity index (χ1v) is 14.3. The highest BCUT2D eigenvalue weighted by Crippen LogP contribution is 2.61. The van der Waals surface area contributed by atoms with Gasteiger partial charge in [-0.05, 0) is 48.2 Å². The van der Waals surface area contributed by atoms with Gasteiger partial charge < -0.3 is 9.80 Å². The van der Waals surface area contributed by atoms with Gasteiger partial charge in [-0.1, -0.05) is 68.4 Å². The third-order valence-electron chi connectivity index (χ3n) is 9.41. The number of likely N-dealkylation sites (N-methyl/N-ethyl adjacent to an activating group) is 1. The molecule has 4 aromatic rings. The topological polar surface area (TPSA) is 38.7 Å². The molecule has 0 bridgehead atoms. The third kappa shape index (κ3) is 2.83. The van der Waals surface area contributed by atoms with Crippen LogP contribution < -0.4 is 14.7 Å². The molecule has 6 heteroatoms. The van der Waals surface area contributed by atoms with Crippen molar-refractivity contribution in [1.29, 1.82) is 0 Å². The Morgan fingerprint density at radius 2 is 1.35 bits per heavy atom. The van der Waals surface area contributed by atoms with Crippen LogP contribution in [-0.4, -0.2) is 34.2 Å². The molecule has 1 aromatic heterocycles. The molecule has 6 nitrogen and oxygen atoms in total. The summed E-state index contributed by atoms with van der Waals surface area (Å²) >= 11 is 0. The van der Waals surface area contributed by atoms with Gasteiger partial charge in [0.1, 0.15) is 12.3 Å². The smallest absolute Gasteiger partial charge is 0.178 e. The van der Waals surface area contributed by atoms with Gasteiger partial charge in [0, 0.05) is 59.8 Å². The molecule has 40 heavy (non-hydrogen) atoms. The highest BCUT2D eigenvalue weighted by Gasteiger charge is 2.55. The summed E-state index contributed by atoms with van der Waals surface area (Å²) < 4.78 is 0. The molecule has 0 radical (unpaired) electrons. The molecule has 0 saturated heterocycles. The Balaban J connectivity index is 1.56. The summed E-state index contributed by atoms with van der Waals surface area (Å²) in [5.41, 5.74) is 8.92. The van der Waals surface area contributed by atoms with Crippen molar-refractivity contribution in [3.05, 3.63) is 120 Å². The van der Waals surface area contributed by atoms with E-state index in [1.54, 1.807) is 0 Å². The lowest BCUT2D eigenvalue weighted by atomic mass is 9.65. The number of fused-ring (bicyclic) bond motifs is 11. The quantitative estimate of drug-likeness (QED) is 0.283. The van der Waals surface area contributed by atoms with Crippen LogP contribution in [0.5, 0.6) is 0 Å². The van der Waals surface area contributed by atoms with E-state index in [1.807, 2.05) is 12.4 Å². The van der Waals surface area contributed by atoms with Crippen LogP contribution in [-0.2, 0) is 5.41 Å². The molecule has 3 aromatic carbocycles. The summed E-state index contributed by atoms with van der Waals surface area (Å²) in [4.78, 5) is 19.7. The van der Waals surface area contributed by atoms with Crippen LogP contribution >= 0.6 is 0 Å². The number of nitrogens with zero attached hydrogens (tertiary/aromatic N) is 6. The first-order valence-electron chi connectivity index (χ1n) is 14.3. The van der Waals surface area contributed by atoms with E-state index < -0.39 is 0 Å². The normalized spacial score (nSPS) is 21.4. The van der Waals surface area contributed by atoms with Gasteiger partial charge in [0.15, 0.2) is 11.6 Å². The van der Waals surface area contributed by atoms with Gasteiger partial charge in [0.2, 0.25) is 0 Å². The van der Waals surface area contributed by atoms with E-state index in [2.05, 4.69) is 132 Å². The molecule has 8 rings (SSSR count). The number of aromatic nitrogens is 2. The summed E-state index contributed by atoms with van der Waals surface area (Å²) in [5.74, 6) is 1.79. The van der Waals surface area contributed by atoms with Crippen molar-refractivity contribution in [2.75, 3.05) is 21.7 Å². The lowest BCUT2D eigenvalue weighted by Gasteiger charge is -2.47. The van der Waals surface area contributed by atoms with Gasteiger partial charge in [-0.3, -0.25) is 9.80 Å². The van der Waals surface area contributed by atoms with Crippen LogP contribution in [0.15, 0.2) is 109 Å². The Labute approximate surface area is 235 Å².